The van der Waals surface area contributed by atoms with Crippen LogP contribution in [0.15, 0.2) is 48.5 Å². The average molecular weight is 357 g/mol. The number of halogens is 1. The third kappa shape index (κ3) is 6.17. The molecular formula is C22H28FNO2. The fourth-order valence-electron chi connectivity index (χ4n) is 2.69. The van der Waals surface area contributed by atoms with E-state index in [0.717, 1.165) is 12.8 Å². The van der Waals surface area contributed by atoms with E-state index in [-0.39, 0.29) is 11.7 Å². The Bertz CT molecular complexity index is 680. The molecule has 0 aliphatic heterocycles. The number of aryl methyl sites for hydroxylation is 1. The molecule has 0 radical (unpaired) electrons. The van der Waals surface area contributed by atoms with Crippen LogP contribution in [-0.2, 0) is 11.2 Å². The Morgan fingerprint density at radius 2 is 1.73 bits per heavy atom. The predicted octanol–water partition coefficient (Wildman–Crippen LogP) is 4.86. The third-order valence-corrected chi connectivity index (χ3v) is 4.34. The fourth-order valence-corrected chi connectivity index (χ4v) is 2.69. The van der Waals surface area contributed by atoms with Crippen LogP contribution in [0.1, 0.15) is 50.7 Å². The van der Waals surface area contributed by atoms with Crippen LogP contribution in [0.2, 0.25) is 0 Å². The minimum absolute atomic E-state index is 0.132. The van der Waals surface area contributed by atoms with E-state index in [1.807, 2.05) is 6.92 Å². The SMILES string of the molecule is CC[C@H](Oc1ccc(F)cc1)C(=O)NCCCc1ccc(C(C)C)cc1. The molecule has 26 heavy (non-hydrogen) atoms. The Morgan fingerprint density at radius 1 is 1.08 bits per heavy atom. The van der Waals surface area contributed by atoms with E-state index in [1.54, 1.807) is 0 Å². The molecule has 0 unspecified atom stereocenters. The van der Waals surface area contributed by atoms with Gasteiger partial charge in [0, 0.05) is 6.54 Å². The van der Waals surface area contributed by atoms with Gasteiger partial charge in [-0.05, 0) is 60.6 Å². The second-order valence-corrected chi connectivity index (χ2v) is 6.76. The highest BCUT2D eigenvalue weighted by Gasteiger charge is 2.17. The van der Waals surface area contributed by atoms with Crippen molar-refractivity contribution in [1.82, 2.24) is 5.32 Å². The summed E-state index contributed by atoms with van der Waals surface area (Å²) >= 11 is 0. The monoisotopic (exact) mass is 357 g/mol. The summed E-state index contributed by atoms with van der Waals surface area (Å²) < 4.78 is 18.6. The largest absolute Gasteiger partial charge is 0.481 e. The molecule has 0 heterocycles. The van der Waals surface area contributed by atoms with E-state index >= 15 is 0 Å². The van der Waals surface area contributed by atoms with Gasteiger partial charge in [0.1, 0.15) is 11.6 Å². The molecule has 0 spiro atoms. The molecule has 3 nitrogen and oxygen atoms in total. The van der Waals surface area contributed by atoms with Gasteiger partial charge in [-0.2, -0.15) is 0 Å². The molecule has 0 fully saturated rings. The lowest BCUT2D eigenvalue weighted by Gasteiger charge is -2.17. The predicted molar refractivity (Wildman–Crippen MR) is 103 cm³/mol. The molecule has 140 valence electrons. The quantitative estimate of drug-likeness (QED) is 0.651. The zero-order valence-electron chi connectivity index (χ0n) is 15.8. The number of hydrogen-bond acceptors (Lipinski definition) is 2. The van der Waals surface area contributed by atoms with Crippen molar-refractivity contribution in [3.8, 4) is 5.75 Å². The average Bonchev–Trinajstić information content (AvgIpc) is 2.65. The van der Waals surface area contributed by atoms with E-state index in [4.69, 9.17) is 4.74 Å². The van der Waals surface area contributed by atoms with Crippen molar-refractivity contribution < 1.29 is 13.9 Å². The van der Waals surface area contributed by atoms with Crippen LogP contribution in [0.5, 0.6) is 5.75 Å². The molecule has 1 N–H and O–H groups in total. The van der Waals surface area contributed by atoms with Gasteiger partial charge in [-0.25, -0.2) is 4.39 Å². The van der Waals surface area contributed by atoms with E-state index < -0.39 is 6.10 Å². The van der Waals surface area contributed by atoms with Crippen molar-refractivity contribution in [2.45, 2.75) is 52.1 Å². The minimum Gasteiger partial charge on any atom is -0.481 e. The fraction of sp³-hybridized carbons (Fsp3) is 0.409. The van der Waals surface area contributed by atoms with Gasteiger partial charge in [0.05, 0.1) is 0 Å². The van der Waals surface area contributed by atoms with Crippen molar-refractivity contribution in [3.63, 3.8) is 0 Å². The maximum atomic E-state index is 12.9. The second-order valence-electron chi connectivity index (χ2n) is 6.76. The lowest BCUT2D eigenvalue weighted by molar-refractivity contribution is -0.128. The highest BCUT2D eigenvalue weighted by Crippen LogP contribution is 2.16. The lowest BCUT2D eigenvalue weighted by Crippen LogP contribution is -2.38. The number of carbonyl (C=O) groups is 1. The Hall–Kier alpha value is -2.36. The summed E-state index contributed by atoms with van der Waals surface area (Å²) in [6.07, 6.45) is 1.79. The van der Waals surface area contributed by atoms with Crippen LogP contribution in [0.3, 0.4) is 0 Å². The summed E-state index contributed by atoms with van der Waals surface area (Å²) in [7, 11) is 0. The summed E-state index contributed by atoms with van der Waals surface area (Å²) in [6.45, 7) is 6.86. The molecular weight excluding hydrogens is 329 g/mol. The highest BCUT2D eigenvalue weighted by molar-refractivity contribution is 5.81. The molecule has 0 aliphatic carbocycles. The standard InChI is InChI=1S/C22H28FNO2/c1-4-21(26-20-13-11-19(23)12-14-20)22(25)24-15-5-6-17-7-9-18(10-8-17)16(2)3/h7-14,16,21H,4-6,15H2,1-3H3,(H,24,25)/t21-/m0/s1. The molecule has 1 amide bonds. The van der Waals surface area contributed by atoms with Crippen LogP contribution in [0, 0.1) is 5.82 Å². The number of ether oxygens (including phenoxy) is 1. The number of amides is 1. The van der Waals surface area contributed by atoms with Crippen LogP contribution >= 0.6 is 0 Å². The van der Waals surface area contributed by atoms with Crippen LogP contribution in [0.25, 0.3) is 0 Å². The zero-order valence-corrected chi connectivity index (χ0v) is 15.8. The van der Waals surface area contributed by atoms with Gasteiger partial charge in [-0.1, -0.05) is 45.0 Å². The normalized spacial score (nSPS) is 12.0. The van der Waals surface area contributed by atoms with E-state index in [1.165, 1.54) is 35.4 Å². The Morgan fingerprint density at radius 3 is 2.31 bits per heavy atom. The van der Waals surface area contributed by atoms with Gasteiger partial charge < -0.3 is 10.1 Å². The maximum absolute atomic E-state index is 12.9. The van der Waals surface area contributed by atoms with E-state index in [9.17, 15) is 9.18 Å². The van der Waals surface area contributed by atoms with Gasteiger partial charge in [-0.3, -0.25) is 4.79 Å². The van der Waals surface area contributed by atoms with Crippen LogP contribution in [0.4, 0.5) is 4.39 Å². The summed E-state index contributed by atoms with van der Waals surface area (Å²) in [4.78, 5) is 12.3. The van der Waals surface area contributed by atoms with Crippen molar-refractivity contribution in [2.24, 2.45) is 0 Å². The molecule has 2 aromatic carbocycles. The maximum Gasteiger partial charge on any atom is 0.261 e. The smallest absolute Gasteiger partial charge is 0.261 e. The van der Waals surface area contributed by atoms with Gasteiger partial charge in [0.15, 0.2) is 6.10 Å². The molecule has 0 aromatic heterocycles. The molecule has 1 atom stereocenters. The van der Waals surface area contributed by atoms with E-state index in [2.05, 4.69) is 43.4 Å². The molecule has 0 aliphatic rings. The topological polar surface area (TPSA) is 38.3 Å². The van der Waals surface area contributed by atoms with Gasteiger partial charge in [-0.15, -0.1) is 0 Å². The first kappa shape index (κ1) is 20.0. The van der Waals surface area contributed by atoms with Gasteiger partial charge in [0.25, 0.3) is 5.91 Å². The number of benzene rings is 2. The van der Waals surface area contributed by atoms with Crippen LogP contribution < -0.4 is 10.1 Å². The third-order valence-electron chi connectivity index (χ3n) is 4.34. The van der Waals surface area contributed by atoms with Crippen molar-refractivity contribution >= 4 is 5.91 Å². The number of nitrogens with one attached hydrogen (secondary N) is 1. The summed E-state index contributed by atoms with van der Waals surface area (Å²) in [6, 6.07) is 14.4. The molecule has 2 aromatic rings. The molecule has 4 heteroatoms. The second kappa shape index (κ2) is 9.95. The Balaban J connectivity index is 1.75. The number of rotatable bonds is 9. The summed E-state index contributed by atoms with van der Waals surface area (Å²) in [5, 5.41) is 2.93. The van der Waals surface area contributed by atoms with Gasteiger partial charge in [0.2, 0.25) is 0 Å². The highest BCUT2D eigenvalue weighted by atomic mass is 19.1. The zero-order chi connectivity index (χ0) is 18.9. The minimum atomic E-state index is -0.564. The molecule has 0 saturated carbocycles. The van der Waals surface area contributed by atoms with Crippen molar-refractivity contribution in [2.75, 3.05) is 6.54 Å². The molecule has 0 bridgehead atoms. The Labute approximate surface area is 155 Å². The summed E-state index contributed by atoms with van der Waals surface area (Å²) in [5.74, 6) is 0.581. The van der Waals surface area contributed by atoms with Crippen molar-refractivity contribution in [3.05, 3.63) is 65.5 Å². The van der Waals surface area contributed by atoms with E-state index in [0.29, 0.717) is 24.6 Å². The molecule has 2 rings (SSSR count). The lowest BCUT2D eigenvalue weighted by atomic mass is 10.0. The first-order valence-corrected chi connectivity index (χ1v) is 9.28. The summed E-state index contributed by atoms with van der Waals surface area (Å²) in [5.41, 5.74) is 2.61. The number of hydrogen-bond donors (Lipinski definition) is 1. The Kier molecular flexibility index (Phi) is 7.64. The van der Waals surface area contributed by atoms with Crippen LogP contribution in [-0.4, -0.2) is 18.6 Å². The van der Waals surface area contributed by atoms with Crippen molar-refractivity contribution in [1.29, 1.82) is 0 Å². The van der Waals surface area contributed by atoms with Gasteiger partial charge >= 0.3 is 0 Å². The first-order valence-electron chi connectivity index (χ1n) is 9.28. The molecule has 0 saturated heterocycles. The first-order chi connectivity index (χ1) is 12.5. The number of carbonyl (C=O) groups excluding carboxylic acids is 1.